The van der Waals surface area contributed by atoms with Crippen LogP contribution in [0.15, 0.2) is 0 Å². The summed E-state index contributed by atoms with van der Waals surface area (Å²) in [7, 11) is 0. The first kappa shape index (κ1) is 6.12. The summed E-state index contributed by atoms with van der Waals surface area (Å²) in [5, 5.41) is 6.00. The lowest BCUT2D eigenvalue weighted by Gasteiger charge is -2.25. The van der Waals surface area contributed by atoms with Gasteiger partial charge in [-0.25, -0.2) is 0 Å². The monoisotopic (exact) mass is 142 g/mol. The van der Waals surface area contributed by atoms with Crippen molar-refractivity contribution in [2.24, 2.45) is 0 Å². The summed E-state index contributed by atoms with van der Waals surface area (Å²) >= 11 is 0. The van der Waals surface area contributed by atoms with Crippen LogP contribution in [0.1, 0.15) is 0 Å². The average molecular weight is 142 g/mol. The summed E-state index contributed by atoms with van der Waals surface area (Å²) in [6.45, 7) is 1.93. The Morgan fingerprint density at radius 1 is 1.50 bits per heavy atom. The molecule has 2 saturated heterocycles. The molecule has 56 valence electrons. The van der Waals surface area contributed by atoms with Crippen molar-refractivity contribution in [2.45, 2.75) is 12.1 Å². The largest absolute Gasteiger partial charge is 0.365 e. The molecule has 2 N–H and O–H groups in total. The van der Waals surface area contributed by atoms with E-state index < -0.39 is 0 Å². The normalized spacial score (nSPS) is 39.0. The van der Waals surface area contributed by atoms with Gasteiger partial charge in [0.2, 0.25) is 5.91 Å². The van der Waals surface area contributed by atoms with E-state index in [1.165, 1.54) is 0 Å². The van der Waals surface area contributed by atoms with E-state index in [-0.39, 0.29) is 24.7 Å². The molecule has 4 heteroatoms. The Labute approximate surface area is 58.9 Å². The van der Waals surface area contributed by atoms with Gasteiger partial charge in [-0.05, 0) is 0 Å². The number of carbonyl (C=O) groups excluding carboxylic acids is 1. The summed E-state index contributed by atoms with van der Waals surface area (Å²) in [5.41, 5.74) is 0. The van der Waals surface area contributed by atoms with Crippen LogP contribution in [-0.4, -0.2) is 37.7 Å². The zero-order chi connectivity index (χ0) is 6.97. The second-order valence-electron chi connectivity index (χ2n) is 2.68. The second-order valence-corrected chi connectivity index (χ2v) is 2.68. The van der Waals surface area contributed by atoms with Crippen molar-refractivity contribution in [3.63, 3.8) is 0 Å². The average Bonchev–Trinajstić information content (AvgIpc) is 2.33. The lowest BCUT2D eigenvalue weighted by Crippen LogP contribution is -2.50. The van der Waals surface area contributed by atoms with E-state index in [2.05, 4.69) is 10.6 Å². The number of rotatable bonds is 0. The number of fused-ring (bicyclic) bond motifs is 1. The maximum Gasteiger partial charge on any atom is 0.246 e. The molecule has 2 fully saturated rings. The summed E-state index contributed by atoms with van der Waals surface area (Å²) in [4.78, 5) is 10.7. The Morgan fingerprint density at radius 3 is 3.30 bits per heavy atom. The predicted molar refractivity (Wildman–Crippen MR) is 34.5 cm³/mol. The van der Waals surface area contributed by atoms with E-state index in [9.17, 15) is 4.79 Å². The third-order valence-electron chi connectivity index (χ3n) is 1.93. The smallest absolute Gasteiger partial charge is 0.246 e. The Morgan fingerprint density at radius 2 is 2.40 bits per heavy atom. The minimum Gasteiger partial charge on any atom is -0.365 e. The standard InChI is InChI=1S/C6H10N2O2/c9-6-3-10-5-2-7-1-4(5)8-6/h4-5,7H,1-3H2,(H,8,9)/t4-,5+/m1/s1. The number of ether oxygens (including phenoxy) is 1. The third kappa shape index (κ3) is 0.892. The number of morpholine rings is 1. The van der Waals surface area contributed by atoms with Crippen LogP contribution in [0.5, 0.6) is 0 Å². The van der Waals surface area contributed by atoms with Crippen molar-refractivity contribution in [1.29, 1.82) is 0 Å². The summed E-state index contributed by atoms with van der Waals surface area (Å²) < 4.78 is 5.24. The van der Waals surface area contributed by atoms with E-state index in [4.69, 9.17) is 4.74 Å². The van der Waals surface area contributed by atoms with Crippen molar-refractivity contribution in [3.8, 4) is 0 Å². The number of hydrogen-bond donors (Lipinski definition) is 2. The van der Waals surface area contributed by atoms with Gasteiger partial charge in [0.25, 0.3) is 0 Å². The maximum absolute atomic E-state index is 10.7. The SMILES string of the molecule is O=C1CO[C@H]2CNC[C@H]2N1. The summed E-state index contributed by atoms with van der Waals surface area (Å²) in [6, 6.07) is 0.209. The predicted octanol–water partition coefficient (Wildman–Crippen LogP) is -1.53. The van der Waals surface area contributed by atoms with Crippen LogP contribution in [0.3, 0.4) is 0 Å². The molecular formula is C6H10N2O2. The van der Waals surface area contributed by atoms with Crippen molar-refractivity contribution >= 4 is 5.91 Å². The lowest BCUT2D eigenvalue weighted by molar-refractivity contribution is -0.134. The molecule has 0 radical (unpaired) electrons. The molecule has 2 aliphatic heterocycles. The van der Waals surface area contributed by atoms with Crippen LogP contribution in [0.2, 0.25) is 0 Å². The van der Waals surface area contributed by atoms with Gasteiger partial charge in [-0.1, -0.05) is 0 Å². The number of carbonyl (C=O) groups is 1. The van der Waals surface area contributed by atoms with E-state index in [0.717, 1.165) is 13.1 Å². The van der Waals surface area contributed by atoms with E-state index in [1.807, 2.05) is 0 Å². The van der Waals surface area contributed by atoms with Crippen LogP contribution in [0, 0.1) is 0 Å². The topological polar surface area (TPSA) is 50.4 Å². The van der Waals surface area contributed by atoms with Crippen LogP contribution >= 0.6 is 0 Å². The molecule has 2 atom stereocenters. The van der Waals surface area contributed by atoms with Gasteiger partial charge < -0.3 is 15.4 Å². The van der Waals surface area contributed by atoms with Crippen molar-refractivity contribution in [3.05, 3.63) is 0 Å². The fraction of sp³-hybridized carbons (Fsp3) is 0.833. The molecule has 10 heavy (non-hydrogen) atoms. The summed E-state index contributed by atoms with van der Waals surface area (Å²) in [6.07, 6.45) is 0.206. The fourth-order valence-corrected chi connectivity index (χ4v) is 1.41. The molecule has 2 aliphatic rings. The highest BCUT2D eigenvalue weighted by molar-refractivity contribution is 5.78. The Bertz CT molecular complexity index is 160. The van der Waals surface area contributed by atoms with Crippen LogP contribution in [0.4, 0.5) is 0 Å². The molecule has 0 spiro atoms. The molecule has 4 nitrogen and oxygen atoms in total. The van der Waals surface area contributed by atoms with Crippen LogP contribution in [0.25, 0.3) is 0 Å². The second kappa shape index (κ2) is 2.21. The van der Waals surface area contributed by atoms with Gasteiger partial charge in [0.1, 0.15) is 6.61 Å². The molecular weight excluding hydrogens is 132 g/mol. The molecule has 1 amide bonds. The van der Waals surface area contributed by atoms with Gasteiger partial charge in [-0.3, -0.25) is 4.79 Å². The number of nitrogens with one attached hydrogen (secondary N) is 2. The lowest BCUT2D eigenvalue weighted by atomic mass is 10.2. The molecule has 0 aromatic heterocycles. The van der Waals surface area contributed by atoms with Gasteiger partial charge in [0, 0.05) is 13.1 Å². The van der Waals surface area contributed by atoms with Crippen LogP contribution in [-0.2, 0) is 9.53 Å². The maximum atomic E-state index is 10.7. The van der Waals surface area contributed by atoms with Gasteiger partial charge in [-0.15, -0.1) is 0 Å². The van der Waals surface area contributed by atoms with E-state index in [1.54, 1.807) is 0 Å². The highest BCUT2D eigenvalue weighted by Gasteiger charge is 2.32. The van der Waals surface area contributed by atoms with Crippen molar-refractivity contribution in [1.82, 2.24) is 10.6 Å². The minimum atomic E-state index is 0.00458. The first-order valence-electron chi connectivity index (χ1n) is 3.48. The highest BCUT2D eigenvalue weighted by Crippen LogP contribution is 2.08. The summed E-state index contributed by atoms with van der Waals surface area (Å²) in [5.74, 6) is 0.00458. The minimum absolute atomic E-state index is 0.00458. The molecule has 0 aromatic rings. The van der Waals surface area contributed by atoms with Gasteiger partial charge in [0.15, 0.2) is 0 Å². The first-order valence-corrected chi connectivity index (χ1v) is 3.48. The molecule has 0 bridgehead atoms. The zero-order valence-corrected chi connectivity index (χ0v) is 5.59. The van der Waals surface area contributed by atoms with Crippen molar-refractivity contribution < 1.29 is 9.53 Å². The molecule has 2 rings (SSSR count). The first-order chi connectivity index (χ1) is 4.86. The molecule has 2 heterocycles. The third-order valence-corrected chi connectivity index (χ3v) is 1.93. The molecule has 0 unspecified atom stereocenters. The van der Waals surface area contributed by atoms with Gasteiger partial charge in [0.05, 0.1) is 12.1 Å². The Balaban J connectivity index is 2.03. The zero-order valence-electron chi connectivity index (χ0n) is 5.59. The molecule has 0 aliphatic carbocycles. The highest BCUT2D eigenvalue weighted by atomic mass is 16.5. The van der Waals surface area contributed by atoms with Crippen LogP contribution < -0.4 is 10.6 Å². The number of amides is 1. The van der Waals surface area contributed by atoms with E-state index >= 15 is 0 Å². The Hall–Kier alpha value is -0.610. The van der Waals surface area contributed by atoms with Gasteiger partial charge in [-0.2, -0.15) is 0 Å². The quantitative estimate of drug-likeness (QED) is 0.431. The van der Waals surface area contributed by atoms with Gasteiger partial charge >= 0.3 is 0 Å². The fourth-order valence-electron chi connectivity index (χ4n) is 1.41. The van der Waals surface area contributed by atoms with E-state index in [0.29, 0.717) is 0 Å². The number of hydrogen-bond acceptors (Lipinski definition) is 3. The molecule has 0 aromatic carbocycles. The molecule has 0 saturated carbocycles. The Kier molecular flexibility index (Phi) is 1.35. The van der Waals surface area contributed by atoms with Crippen molar-refractivity contribution in [2.75, 3.05) is 19.7 Å².